The lowest BCUT2D eigenvalue weighted by atomic mass is 9.76. The van der Waals surface area contributed by atoms with E-state index in [9.17, 15) is 9.59 Å². The fraction of sp³-hybridized carbons (Fsp3) is 0.474. The van der Waals surface area contributed by atoms with Crippen LogP contribution < -0.4 is 4.74 Å². The zero-order valence-electron chi connectivity index (χ0n) is 13.4. The Labute approximate surface area is 136 Å². The van der Waals surface area contributed by atoms with Crippen molar-refractivity contribution in [1.82, 2.24) is 0 Å². The van der Waals surface area contributed by atoms with Crippen molar-refractivity contribution < 1.29 is 19.1 Å². The molecule has 0 saturated heterocycles. The van der Waals surface area contributed by atoms with Gasteiger partial charge in [0.1, 0.15) is 11.9 Å². The van der Waals surface area contributed by atoms with Crippen LogP contribution in [0.15, 0.2) is 36.4 Å². The van der Waals surface area contributed by atoms with Gasteiger partial charge in [0.2, 0.25) is 0 Å². The van der Waals surface area contributed by atoms with Crippen molar-refractivity contribution in [3.8, 4) is 5.75 Å². The third kappa shape index (κ3) is 3.31. The normalized spacial score (nSPS) is 26.3. The van der Waals surface area contributed by atoms with Crippen LogP contribution >= 0.6 is 0 Å². The predicted molar refractivity (Wildman–Crippen MR) is 86.4 cm³/mol. The van der Waals surface area contributed by atoms with E-state index < -0.39 is 0 Å². The molecule has 0 fully saturated rings. The van der Waals surface area contributed by atoms with Crippen molar-refractivity contribution >= 4 is 11.8 Å². The van der Waals surface area contributed by atoms with Gasteiger partial charge >= 0.3 is 5.97 Å². The smallest absolute Gasteiger partial charge is 0.305 e. The number of esters is 1. The predicted octanol–water partition coefficient (Wildman–Crippen LogP) is 3.56. The molecule has 2 aliphatic rings. The molecular weight excluding hydrogens is 292 g/mol. The minimum Gasteiger partial charge on any atom is -0.489 e. The third-order valence-corrected chi connectivity index (χ3v) is 4.81. The van der Waals surface area contributed by atoms with Crippen LogP contribution in [0.3, 0.4) is 0 Å². The minimum atomic E-state index is -0.279. The number of methoxy groups -OCH3 is 1. The fourth-order valence-electron chi connectivity index (χ4n) is 3.56. The van der Waals surface area contributed by atoms with Gasteiger partial charge in [0.25, 0.3) is 0 Å². The molecule has 0 N–H and O–H groups in total. The van der Waals surface area contributed by atoms with E-state index in [1.807, 2.05) is 18.2 Å². The Kier molecular flexibility index (Phi) is 4.79. The molecule has 3 unspecified atom stereocenters. The van der Waals surface area contributed by atoms with Crippen LogP contribution in [0.4, 0.5) is 0 Å². The van der Waals surface area contributed by atoms with Gasteiger partial charge < -0.3 is 9.47 Å². The van der Waals surface area contributed by atoms with Gasteiger partial charge in [-0.25, -0.2) is 0 Å². The molecule has 23 heavy (non-hydrogen) atoms. The maximum absolute atomic E-state index is 12.9. The molecule has 3 rings (SSSR count). The van der Waals surface area contributed by atoms with Crippen molar-refractivity contribution in [2.75, 3.05) is 7.11 Å². The van der Waals surface area contributed by atoms with Crippen molar-refractivity contribution in [3.63, 3.8) is 0 Å². The molecule has 0 saturated carbocycles. The van der Waals surface area contributed by atoms with Crippen LogP contribution in [-0.2, 0) is 9.53 Å². The van der Waals surface area contributed by atoms with Crippen LogP contribution in [0, 0.1) is 11.8 Å². The largest absolute Gasteiger partial charge is 0.489 e. The Morgan fingerprint density at radius 3 is 2.87 bits per heavy atom. The topological polar surface area (TPSA) is 52.6 Å². The first-order chi connectivity index (χ1) is 11.2. The summed E-state index contributed by atoms with van der Waals surface area (Å²) in [7, 11) is 1.38. The van der Waals surface area contributed by atoms with E-state index in [4.69, 9.17) is 9.47 Å². The lowest BCUT2D eigenvalue weighted by Crippen LogP contribution is -2.43. The van der Waals surface area contributed by atoms with Crippen molar-refractivity contribution in [3.05, 3.63) is 42.0 Å². The summed E-state index contributed by atoms with van der Waals surface area (Å²) in [6.45, 7) is 0. The number of ketones is 1. The summed E-state index contributed by atoms with van der Waals surface area (Å²) in [6, 6.07) is 7.40. The first-order valence-corrected chi connectivity index (χ1v) is 8.22. The number of para-hydroxylation sites is 1. The van der Waals surface area contributed by atoms with E-state index in [1.54, 1.807) is 6.07 Å². The summed E-state index contributed by atoms with van der Waals surface area (Å²) in [4.78, 5) is 24.4. The first kappa shape index (κ1) is 15.8. The average molecular weight is 314 g/mol. The number of ether oxygens (including phenoxy) is 2. The fourth-order valence-corrected chi connectivity index (χ4v) is 3.56. The molecule has 1 aliphatic heterocycles. The molecule has 0 spiro atoms. The van der Waals surface area contributed by atoms with Crippen molar-refractivity contribution in [1.29, 1.82) is 0 Å². The second-order valence-corrected chi connectivity index (χ2v) is 6.21. The first-order valence-electron chi connectivity index (χ1n) is 8.22. The molecule has 3 atom stereocenters. The highest BCUT2D eigenvalue weighted by Gasteiger charge is 2.41. The third-order valence-electron chi connectivity index (χ3n) is 4.81. The Morgan fingerprint density at radius 1 is 1.30 bits per heavy atom. The summed E-state index contributed by atoms with van der Waals surface area (Å²) in [5, 5.41) is 0. The molecule has 1 aliphatic carbocycles. The SMILES string of the molecule is COC(=O)CCC1C(=O)c2ccccc2OC1C1CC=CCC1. The molecule has 1 heterocycles. The lowest BCUT2D eigenvalue weighted by Gasteiger charge is -2.38. The van der Waals surface area contributed by atoms with Crippen molar-refractivity contribution in [2.24, 2.45) is 11.8 Å². The van der Waals surface area contributed by atoms with Crippen LogP contribution in [-0.4, -0.2) is 25.0 Å². The van der Waals surface area contributed by atoms with E-state index in [0.717, 1.165) is 19.3 Å². The number of carbonyl (C=O) groups excluding carboxylic acids is 2. The van der Waals surface area contributed by atoms with Gasteiger partial charge in [-0.3, -0.25) is 9.59 Å². The molecular formula is C19H22O4. The number of hydrogen-bond donors (Lipinski definition) is 0. The number of hydrogen-bond acceptors (Lipinski definition) is 4. The molecule has 0 amide bonds. The van der Waals surface area contributed by atoms with E-state index >= 15 is 0 Å². The molecule has 1 aromatic carbocycles. The van der Waals surface area contributed by atoms with Crippen LogP contribution in [0.25, 0.3) is 0 Å². The molecule has 0 radical (unpaired) electrons. The zero-order valence-corrected chi connectivity index (χ0v) is 13.4. The summed E-state index contributed by atoms with van der Waals surface area (Å²) < 4.78 is 10.9. The van der Waals surface area contributed by atoms with E-state index in [-0.39, 0.29) is 30.2 Å². The maximum Gasteiger partial charge on any atom is 0.305 e. The van der Waals surface area contributed by atoms with Crippen molar-refractivity contribution in [2.45, 2.75) is 38.2 Å². The number of allylic oxidation sites excluding steroid dienone is 2. The van der Waals surface area contributed by atoms with Gasteiger partial charge in [-0.15, -0.1) is 0 Å². The molecule has 1 aromatic rings. The minimum absolute atomic E-state index is 0.0929. The Balaban J connectivity index is 1.86. The summed E-state index contributed by atoms with van der Waals surface area (Å²) in [6.07, 6.45) is 7.87. The lowest BCUT2D eigenvalue weighted by molar-refractivity contribution is -0.141. The standard InChI is InChI=1S/C19H22O4/c1-22-17(20)12-11-15-18(21)14-9-5-6-10-16(14)23-19(15)13-7-3-2-4-8-13/h2-3,5-6,9-10,13,15,19H,4,7-8,11-12H2,1H3. The molecule has 4 nitrogen and oxygen atoms in total. The van der Waals surface area contributed by atoms with Crippen LogP contribution in [0.5, 0.6) is 5.75 Å². The van der Waals surface area contributed by atoms with Gasteiger partial charge in [-0.1, -0.05) is 24.3 Å². The van der Waals surface area contributed by atoms with Crippen LogP contribution in [0.1, 0.15) is 42.5 Å². The van der Waals surface area contributed by atoms with Gasteiger partial charge in [-0.2, -0.15) is 0 Å². The summed E-state index contributed by atoms with van der Waals surface area (Å²) in [5.41, 5.74) is 0.630. The zero-order chi connectivity index (χ0) is 16.2. The Morgan fingerprint density at radius 2 is 2.13 bits per heavy atom. The molecule has 4 heteroatoms. The second kappa shape index (κ2) is 6.99. The highest BCUT2D eigenvalue weighted by atomic mass is 16.5. The van der Waals surface area contributed by atoms with Gasteiger partial charge in [0.15, 0.2) is 5.78 Å². The van der Waals surface area contributed by atoms with E-state index in [1.165, 1.54) is 7.11 Å². The number of rotatable bonds is 4. The Bertz CT molecular complexity index is 620. The highest BCUT2D eigenvalue weighted by Crippen LogP contribution is 2.39. The average Bonchev–Trinajstić information content (AvgIpc) is 2.61. The number of carbonyl (C=O) groups is 2. The highest BCUT2D eigenvalue weighted by molar-refractivity contribution is 6.01. The quantitative estimate of drug-likeness (QED) is 0.630. The summed E-state index contributed by atoms with van der Waals surface area (Å²) in [5.74, 6) is 0.529. The van der Waals surface area contributed by atoms with Gasteiger partial charge in [0.05, 0.1) is 18.6 Å². The summed E-state index contributed by atoms with van der Waals surface area (Å²) >= 11 is 0. The van der Waals surface area contributed by atoms with Gasteiger partial charge in [-0.05, 0) is 37.8 Å². The number of benzene rings is 1. The monoisotopic (exact) mass is 314 g/mol. The molecule has 122 valence electrons. The van der Waals surface area contributed by atoms with Crippen LogP contribution in [0.2, 0.25) is 0 Å². The van der Waals surface area contributed by atoms with E-state index in [2.05, 4.69) is 12.2 Å². The van der Waals surface area contributed by atoms with Gasteiger partial charge in [0, 0.05) is 12.3 Å². The molecule has 0 aromatic heterocycles. The second-order valence-electron chi connectivity index (χ2n) is 6.21. The molecule has 0 bridgehead atoms. The number of Topliss-reactive ketones (excluding diaryl/α,β-unsaturated/α-hetero) is 1. The number of fused-ring (bicyclic) bond motifs is 1. The maximum atomic E-state index is 12.9. The Hall–Kier alpha value is -2.10. The van der Waals surface area contributed by atoms with E-state index in [0.29, 0.717) is 23.7 Å².